The summed E-state index contributed by atoms with van der Waals surface area (Å²) in [7, 11) is 1.40. The van der Waals surface area contributed by atoms with Gasteiger partial charge in [0.1, 0.15) is 0 Å². The highest BCUT2D eigenvalue weighted by atomic mass is 32.2. The van der Waals surface area contributed by atoms with Crippen LogP contribution >= 0.6 is 11.8 Å². The van der Waals surface area contributed by atoms with Crippen LogP contribution in [0.1, 0.15) is 62.4 Å². The second kappa shape index (κ2) is 7.47. The van der Waals surface area contributed by atoms with Crippen LogP contribution in [-0.2, 0) is 14.9 Å². The third-order valence-electron chi connectivity index (χ3n) is 5.23. The molecule has 2 atom stereocenters. The quantitative estimate of drug-likeness (QED) is 0.798. The second-order valence-corrected chi connectivity index (χ2v) is 9.31. The number of fused-ring (bicyclic) bond motifs is 1. The van der Waals surface area contributed by atoms with Gasteiger partial charge in [0.2, 0.25) is 0 Å². The fourth-order valence-electron chi connectivity index (χ4n) is 3.70. The van der Waals surface area contributed by atoms with Crippen molar-refractivity contribution in [1.29, 1.82) is 0 Å². The first-order valence-electron chi connectivity index (χ1n) is 9.22. The Balaban J connectivity index is 1.81. The minimum absolute atomic E-state index is 0.0482. The average Bonchev–Trinajstić information content (AvgIpc) is 2.98. The Kier molecular flexibility index (Phi) is 5.47. The highest BCUT2D eigenvalue weighted by Crippen LogP contribution is 2.48. The Hall–Kier alpha value is -1.75. The van der Waals surface area contributed by atoms with E-state index in [0.717, 1.165) is 19.3 Å². The predicted molar refractivity (Wildman–Crippen MR) is 105 cm³/mol. The summed E-state index contributed by atoms with van der Waals surface area (Å²) >= 11 is 1.62. The van der Waals surface area contributed by atoms with Gasteiger partial charge in [0, 0.05) is 16.7 Å². The lowest BCUT2D eigenvalue weighted by molar-refractivity contribution is -0.136. The molecule has 0 spiro atoms. The van der Waals surface area contributed by atoms with Crippen LogP contribution in [0.5, 0.6) is 0 Å². The number of rotatable bonds is 3. The van der Waals surface area contributed by atoms with Gasteiger partial charge in [0.05, 0.1) is 17.7 Å². The van der Waals surface area contributed by atoms with E-state index in [1.807, 2.05) is 24.3 Å². The fraction of sp³-hybridized carbons (Fsp3) is 0.524. The standard InChI is InChI=1S/C21H27NO3S/c1-21(2,3)14-11-9-13(10-12-14)18(23)22-19-17(20(24)25-4)15-7-5-6-8-16(15)26-19/h9-12,15-16H,5-8H2,1-4H3,(H,22,23). The lowest BCUT2D eigenvalue weighted by Crippen LogP contribution is -2.25. The second-order valence-electron chi connectivity index (χ2n) is 8.06. The van der Waals surface area contributed by atoms with Gasteiger partial charge in [-0.05, 0) is 36.0 Å². The van der Waals surface area contributed by atoms with Crippen LogP contribution in [0.25, 0.3) is 0 Å². The van der Waals surface area contributed by atoms with Crippen molar-refractivity contribution in [2.45, 2.75) is 57.1 Å². The van der Waals surface area contributed by atoms with Crippen LogP contribution in [0.15, 0.2) is 34.9 Å². The summed E-state index contributed by atoms with van der Waals surface area (Å²) in [6, 6.07) is 7.68. The molecule has 26 heavy (non-hydrogen) atoms. The van der Waals surface area contributed by atoms with E-state index in [0.29, 0.717) is 21.4 Å². The van der Waals surface area contributed by atoms with Gasteiger partial charge in [-0.3, -0.25) is 4.79 Å². The van der Waals surface area contributed by atoms with Crippen LogP contribution in [0.3, 0.4) is 0 Å². The SMILES string of the molecule is COC(=O)C1=C(NC(=O)c2ccc(C(C)(C)C)cc2)SC2CCCCC12. The van der Waals surface area contributed by atoms with Crippen molar-refractivity contribution in [1.82, 2.24) is 5.32 Å². The van der Waals surface area contributed by atoms with Crippen molar-refractivity contribution in [2.75, 3.05) is 7.11 Å². The van der Waals surface area contributed by atoms with Crippen LogP contribution < -0.4 is 5.32 Å². The third kappa shape index (κ3) is 3.83. The molecule has 5 heteroatoms. The minimum Gasteiger partial charge on any atom is -0.466 e. The van der Waals surface area contributed by atoms with Gasteiger partial charge in [-0.25, -0.2) is 4.79 Å². The molecular formula is C21H27NO3S. The smallest absolute Gasteiger partial charge is 0.336 e. The first-order chi connectivity index (χ1) is 12.3. The summed E-state index contributed by atoms with van der Waals surface area (Å²) in [5.41, 5.74) is 2.49. The maximum Gasteiger partial charge on any atom is 0.336 e. The molecule has 0 radical (unpaired) electrons. The Bertz CT molecular complexity index is 731. The Morgan fingerprint density at radius 3 is 2.38 bits per heavy atom. The zero-order chi connectivity index (χ0) is 18.9. The molecule has 1 heterocycles. The minimum atomic E-state index is -0.315. The molecule has 2 aliphatic rings. The molecule has 1 aliphatic carbocycles. The molecule has 1 aromatic carbocycles. The van der Waals surface area contributed by atoms with Crippen molar-refractivity contribution in [3.05, 3.63) is 46.0 Å². The molecule has 1 fully saturated rings. The molecule has 0 bridgehead atoms. The average molecular weight is 374 g/mol. The molecule has 1 aromatic rings. The number of esters is 1. The number of carbonyl (C=O) groups excluding carboxylic acids is 2. The van der Waals surface area contributed by atoms with Crippen LogP contribution in [0, 0.1) is 5.92 Å². The molecule has 2 unspecified atom stereocenters. The molecule has 1 N–H and O–H groups in total. The summed E-state index contributed by atoms with van der Waals surface area (Å²) < 4.78 is 4.99. The summed E-state index contributed by atoms with van der Waals surface area (Å²) in [6.07, 6.45) is 4.37. The molecule has 4 nitrogen and oxygen atoms in total. The highest BCUT2D eigenvalue weighted by Gasteiger charge is 2.41. The number of methoxy groups -OCH3 is 1. The number of hydrogen-bond acceptors (Lipinski definition) is 4. The van der Waals surface area contributed by atoms with Gasteiger partial charge in [-0.15, -0.1) is 11.8 Å². The number of benzene rings is 1. The predicted octanol–water partition coefficient (Wildman–Crippen LogP) is 4.40. The van der Waals surface area contributed by atoms with Gasteiger partial charge >= 0.3 is 5.97 Å². The first-order valence-corrected chi connectivity index (χ1v) is 10.1. The molecule has 1 saturated carbocycles. The normalized spacial score (nSPS) is 22.8. The molecule has 0 saturated heterocycles. The van der Waals surface area contributed by atoms with Crippen molar-refractivity contribution in [3.8, 4) is 0 Å². The Morgan fingerprint density at radius 2 is 1.77 bits per heavy atom. The highest BCUT2D eigenvalue weighted by molar-refractivity contribution is 8.04. The summed E-state index contributed by atoms with van der Waals surface area (Å²) in [4.78, 5) is 25.0. The maximum atomic E-state index is 12.7. The van der Waals surface area contributed by atoms with Gasteiger partial charge in [-0.1, -0.05) is 45.7 Å². The van der Waals surface area contributed by atoms with Crippen molar-refractivity contribution >= 4 is 23.6 Å². The molecular weight excluding hydrogens is 346 g/mol. The largest absolute Gasteiger partial charge is 0.466 e. The van der Waals surface area contributed by atoms with Crippen molar-refractivity contribution < 1.29 is 14.3 Å². The van der Waals surface area contributed by atoms with Crippen LogP contribution in [0.4, 0.5) is 0 Å². The fourth-order valence-corrected chi connectivity index (χ4v) is 5.24. The summed E-state index contributed by atoms with van der Waals surface area (Å²) in [6.45, 7) is 6.44. The number of nitrogens with one attached hydrogen (secondary N) is 1. The molecule has 3 rings (SSSR count). The maximum absolute atomic E-state index is 12.7. The number of hydrogen-bond donors (Lipinski definition) is 1. The van der Waals surface area contributed by atoms with E-state index in [1.165, 1.54) is 19.1 Å². The van der Waals surface area contributed by atoms with Gasteiger partial charge < -0.3 is 10.1 Å². The van der Waals surface area contributed by atoms with E-state index in [-0.39, 0.29) is 23.2 Å². The number of thioether (sulfide) groups is 1. The molecule has 1 amide bonds. The monoisotopic (exact) mass is 373 g/mol. The molecule has 140 valence electrons. The third-order valence-corrected chi connectivity index (χ3v) is 6.66. The van der Waals surface area contributed by atoms with E-state index in [1.54, 1.807) is 11.8 Å². The number of carbonyl (C=O) groups is 2. The van der Waals surface area contributed by atoms with Gasteiger partial charge in [-0.2, -0.15) is 0 Å². The van der Waals surface area contributed by atoms with E-state index in [4.69, 9.17) is 4.74 Å². The summed E-state index contributed by atoms with van der Waals surface area (Å²) in [5, 5.41) is 4.03. The van der Waals surface area contributed by atoms with E-state index >= 15 is 0 Å². The van der Waals surface area contributed by atoms with E-state index in [9.17, 15) is 9.59 Å². The lowest BCUT2D eigenvalue weighted by Gasteiger charge is -2.25. The lowest BCUT2D eigenvalue weighted by atomic mass is 9.84. The van der Waals surface area contributed by atoms with Crippen molar-refractivity contribution in [3.63, 3.8) is 0 Å². The number of amides is 1. The van der Waals surface area contributed by atoms with Crippen LogP contribution in [-0.4, -0.2) is 24.2 Å². The Morgan fingerprint density at radius 1 is 1.12 bits per heavy atom. The molecule has 1 aliphatic heterocycles. The first kappa shape index (κ1) is 19.0. The van der Waals surface area contributed by atoms with Gasteiger partial charge in [0.15, 0.2) is 0 Å². The van der Waals surface area contributed by atoms with Crippen LogP contribution in [0.2, 0.25) is 0 Å². The summed E-state index contributed by atoms with van der Waals surface area (Å²) in [5.74, 6) is -0.293. The van der Waals surface area contributed by atoms with Gasteiger partial charge in [0.25, 0.3) is 5.91 Å². The number of ether oxygens (including phenoxy) is 1. The zero-order valence-electron chi connectivity index (χ0n) is 15.9. The zero-order valence-corrected chi connectivity index (χ0v) is 16.7. The molecule has 0 aromatic heterocycles. The van der Waals surface area contributed by atoms with E-state index in [2.05, 4.69) is 26.1 Å². The Labute approximate surface area is 159 Å². The topological polar surface area (TPSA) is 55.4 Å². The van der Waals surface area contributed by atoms with E-state index < -0.39 is 0 Å². The van der Waals surface area contributed by atoms with Crippen molar-refractivity contribution in [2.24, 2.45) is 5.92 Å².